The minimum Gasteiger partial charge on any atom is -0.303 e. The quantitative estimate of drug-likeness (QED) is 0.784. The van der Waals surface area contributed by atoms with Gasteiger partial charge in [0.1, 0.15) is 5.54 Å². The summed E-state index contributed by atoms with van der Waals surface area (Å²) in [5.41, 5.74) is 0.936. The second-order valence-electron chi connectivity index (χ2n) is 5.73. The van der Waals surface area contributed by atoms with Crippen LogP contribution in [-0.2, 0) is 6.42 Å². The van der Waals surface area contributed by atoms with Crippen LogP contribution >= 0.6 is 0 Å². The molecule has 0 amide bonds. The standard InChI is InChI=1S/C16H24N4/c1-3-19-16(12-17,15-4-5-15)13-20(2)11-8-14-6-9-18-10-7-14/h6-7,9-10,15,19H,3-5,8,11,13H2,1-2H3. The van der Waals surface area contributed by atoms with Gasteiger partial charge < -0.3 is 4.90 Å². The van der Waals surface area contributed by atoms with Gasteiger partial charge in [-0.2, -0.15) is 5.26 Å². The van der Waals surface area contributed by atoms with Gasteiger partial charge >= 0.3 is 0 Å². The molecule has 4 heteroatoms. The van der Waals surface area contributed by atoms with Crippen molar-refractivity contribution in [1.29, 1.82) is 5.26 Å². The molecule has 1 heterocycles. The molecule has 0 spiro atoms. The summed E-state index contributed by atoms with van der Waals surface area (Å²) in [6, 6.07) is 6.65. The van der Waals surface area contributed by atoms with Crippen molar-refractivity contribution in [3.8, 4) is 6.07 Å². The molecule has 4 nitrogen and oxygen atoms in total. The maximum absolute atomic E-state index is 9.60. The number of hydrogen-bond acceptors (Lipinski definition) is 4. The van der Waals surface area contributed by atoms with Crippen LogP contribution in [0.4, 0.5) is 0 Å². The van der Waals surface area contributed by atoms with E-state index in [1.165, 1.54) is 18.4 Å². The highest BCUT2D eigenvalue weighted by molar-refractivity contribution is 5.17. The van der Waals surface area contributed by atoms with E-state index in [9.17, 15) is 5.26 Å². The fourth-order valence-corrected chi connectivity index (χ4v) is 2.76. The predicted octanol–water partition coefficient (Wildman–Crippen LogP) is 1.84. The Labute approximate surface area is 121 Å². The number of hydrogen-bond donors (Lipinski definition) is 1. The Hall–Kier alpha value is -1.44. The lowest BCUT2D eigenvalue weighted by atomic mass is 9.94. The molecule has 1 atom stereocenters. The molecule has 1 aromatic rings. The van der Waals surface area contributed by atoms with E-state index >= 15 is 0 Å². The minimum atomic E-state index is -0.359. The van der Waals surface area contributed by atoms with Crippen LogP contribution < -0.4 is 5.32 Å². The maximum atomic E-state index is 9.60. The number of pyridine rings is 1. The van der Waals surface area contributed by atoms with Crippen LogP contribution in [0.1, 0.15) is 25.3 Å². The fraction of sp³-hybridized carbons (Fsp3) is 0.625. The topological polar surface area (TPSA) is 52.0 Å². The molecule has 1 aliphatic rings. The number of rotatable bonds is 8. The molecule has 2 rings (SSSR count). The summed E-state index contributed by atoms with van der Waals surface area (Å²) >= 11 is 0. The first-order valence-electron chi connectivity index (χ1n) is 7.44. The third kappa shape index (κ3) is 3.78. The molecule has 0 bridgehead atoms. The van der Waals surface area contributed by atoms with Gasteiger partial charge in [0.05, 0.1) is 6.07 Å². The number of likely N-dealkylation sites (N-methyl/N-ethyl adjacent to an activating group) is 2. The predicted molar refractivity (Wildman–Crippen MR) is 80.2 cm³/mol. The summed E-state index contributed by atoms with van der Waals surface area (Å²) in [4.78, 5) is 6.30. The summed E-state index contributed by atoms with van der Waals surface area (Å²) in [5, 5.41) is 13.0. The van der Waals surface area contributed by atoms with Gasteiger partial charge in [-0.25, -0.2) is 0 Å². The third-order valence-corrected chi connectivity index (χ3v) is 4.02. The molecule has 0 aromatic carbocycles. The highest BCUT2D eigenvalue weighted by Crippen LogP contribution is 2.39. The molecule has 1 aliphatic carbocycles. The Balaban J connectivity index is 1.88. The smallest absolute Gasteiger partial charge is 0.122 e. The van der Waals surface area contributed by atoms with Gasteiger partial charge in [-0.05, 0) is 56.5 Å². The van der Waals surface area contributed by atoms with Gasteiger partial charge in [0.25, 0.3) is 0 Å². The first-order chi connectivity index (χ1) is 9.70. The lowest BCUT2D eigenvalue weighted by Crippen LogP contribution is -2.53. The van der Waals surface area contributed by atoms with Crippen molar-refractivity contribution in [2.45, 2.75) is 31.7 Å². The molecule has 0 aliphatic heterocycles. The second kappa shape index (κ2) is 6.83. The molecule has 0 saturated heterocycles. The molecular formula is C16H24N4. The van der Waals surface area contributed by atoms with E-state index in [1.807, 2.05) is 12.4 Å². The Morgan fingerprint density at radius 3 is 2.70 bits per heavy atom. The van der Waals surface area contributed by atoms with Crippen molar-refractivity contribution in [3.05, 3.63) is 30.1 Å². The SMILES string of the molecule is CCNC(C#N)(CN(C)CCc1ccncc1)C1CC1. The molecule has 1 aromatic heterocycles. The van der Waals surface area contributed by atoms with E-state index in [2.05, 4.69) is 47.4 Å². The van der Waals surface area contributed by atoms with Gasteiger partial charge in [-0.1, -0.05) is 6.92 Å². The van der Waals surface area contributed by atoms with Gasteiger partial charge in [-0.3, -0.25) is 10.3 Å². The van der Waals surface area contributed by atoms with Gasteiger partial charge in [0.2, 0.25) is 0 Å². The first-order valence-corrected chi connectivity index (χ1v) is 7.44. The van der Waals surface area contributed by atoms with Crippen molar-refractivity contribution >= 4 is 0 Å². The lowest BCUT2D eigenvalue weighted by molar-refractivity contribution is 0.232. The largest absolute Gasteiger partial charge is 0.303 e. The zero-order chi connectivity index (χ0) is 14.4. The first kappa shape index (κ1) is 15.0. The minimum absolute atomic E-state index is 0.359. The van der Waals surface area contributed by atoms with Crippen LogP contribution in [0.5, 0.6) is 0 Å². The molecule has 1 unspecified atom stereocenters. The van der Waals surface area contributed by atoms with Crippen LogP contribution in [0.15, 0.2) is 24.5 Å². The Morgan fingerprint density at radius 2 is 2.15 bits per heavy atom. The molecule has 0 radical (unpaired) electrons. The van der Waals surface area contributed by atoms with Crippen molar-refractivity contribution in [1.82, 2.24) is 15.2 Å². The van der Waals surface area contributed by atoms with Crippen LogP contribution in [0, 0.1) is 17.2 Å². The average Bonchev–Trinajstić information content (AvgIpc) is 3.31. The van der Waals surface area contributed by atoms with Crippen molar-refractivity contribution in [2.75, 3.05) is 26.7 Å². The normalized spacial score (nSPS) is 17.7. The highest BCUT2D eigenvalue weighted by atomic mass is 15.2. The number of aromatic nitrogens is 1. The van der Waals surface area contributed by atoms with Crippen LogP contribution in [0.25, 0.3) is 0 Å². The van der Waals surface area contributed by atoms with Gasteiger partial charge in [0.15, 0.2) is 0 Å². The summed E-state index contributed by atoms with van der Waals surface area (Å²) < 4.78 is 0. The van der Waals surface area contributed by atoms with E-state index in [0.29, 0.717) is 5.92 Å². The molecule has 1 saturated carbocycles. The van der Waals surface area contributed by atoms with E-state index < -0.39 is 0 Å². The van der Waals surface area contributed by atoms with Crippen molar-refractivity contribution < 1.29 is 0 Å². The van der Waals surface area contributed by atoms with Crippen LogP contribution in [0.2, 0.25) is 0 Å². The lowest BCUT2D eigenvalue weighted by Gasteiger charge is -2.32. The zero-order valence-corrected chi connectivity index (χ0v) is 12.5. The van der Waals surface area contributed by atoms with Crippen LogP contribution in [-0.4, -0.2) is 42.1 Å². The Bertz CT molecular complexity index is 449. The number of nitrogens with one attached hydrogen (secondary N) is 1. The fourth-order valence-electron chi connectivity index (χ4n) is 2.76. The monoisotopic (exact) mass is 272 g/mol. The van der Waals surface area contributed by atoms with Crippen LogP contribution in [0.3, 0.4) is 0 Å². The van der Waals surface area contributed by atoms with Gasteiger partial charge in [-0.15, -0.1) is 0 Å². The molecule has 1 fully saturated rings. The zero-order valence-electron chi connectivity index (χ0n) is 12.5. The van der Waals surface area contributed by atoms with Crippen molar-refractivity contribution in [2.24, 2.45) is 5.92 Å². The van der Waals surface area contributed by atoms with Crippen molar-refractivity contribution in [3.63, 3.8) is 0 Å². The summed E-state index contributed by atoms with van der Waals surface area (Å²) in [5.74, 6) is 0.524. The maximum Gasteiger partial charge on any atom is 0.122 e. The molecule has 108 valence electrons. The van der Waals surface area contributed by atoms with E-state index in [-0.39, 0.29) is 5.54 Å². The number of nitriles is 1. The Morgan fingerprint density at radius 1 is 1.45 bits per heavy atom. The van der Waals surface area contributed by atoms with E-state index in [4.69, 9.17) is 0 Å². The number of nitrogens with zero attached hydrogens (tertiary/aromatic N) is 3. The summed E-state index contributed by atoms with van der Waals surface area (Å²) in [6.07, 6.45) is 7.02. The molecular weight excluding hydrogens is 248 g/mol. The summed E-state index contributed by atoms with van der Waals surface area (Å²) in [7, 11) is 2.10. The van der Waals surface area contributed by atoms with Gasteiger partial charge in [0, 0.05) is 25.5 Å². The second-order valence-corrected chi connectivity index (χ2v) is 5.73. The Kier molecular flexibility index (Phi) is 5.11. The molecule has 1 N–H and O–H groups in total. The average molecular weight is 272 g/mol. The van der Waals surface area contributed by atoms with E-state index in [1.54, 1.807) is 0 Å². The highest BCUT2D eigenvalue weighted by Gasteiger charge is 2.45. The third-order valence-electron chi connectivity index (χ3n) is 4.02. The molecule has 20 heavy (non-hydrogen) atoms. The van der Waals surface area contributed by atoms with E-state index in [0.717, 1.165) is 26.1 Å². The summed E-state index contributed by atoms with van der Waals surface area (Å²) in [6.45, 7) is 4.69.